The zero-order chi connectivity index (χ0) is 28.9. The number of nitrogens with one attached hydrogen (secondary N) is 1. The fourth-order valence-electron chi connectivity index (χ4n) is 7.61. The maximum absolute atomic E-state index is 13.4. The van der Waals surface area contributed by atoms with Gasteiger partial charge in [-0.25, -0.2) is 0 Å². The number of ether oxygens (including phenoxy) is 2. The first kappa shape index (κ1) is 27.6. The van der Waals surface area contributed by atoms with Crippen molar-refractivity contribution in [3.8, 4) is 11.5 Å². The minimum Gasteiger partial charge on any atom is -0.493 e. The summed E-state index contributed by atoms with van der Waals surface area (Å²) in [5, 5.41) is 2.25. The van der Waals surface area contributed by atoms with Gasteiger partial charge in [-0.1, -0.05) is 12.1 Å². The Morgan fingerprint density at radius 1 is 0.976 bits per heavy atom. The van der Waals surface area contributed by atoms with Crippen LogP contribution in [-0.2, 0) is 14.4 Å². The fraction of sp³-hybridized carbons (Fsp3) is 0.438. The number of rotatable bonds is 7. The number of carbonyl (C=O) groups excluding carboxylic acids is 4. The average Bonchev–Trinajstić information content (AvgIpc) is 3.15. The molecule has 0 atom stereocenters. The number of aryl methyl sites for hydroxylation is 2. The quantitative estimate of drug-likeness (QED) is 0.242. The number of hydrogen-bond acceptors (Lipinski definition) is 7. The molecule has 0 radical (unpaired) electrons. The number of methoxy groups -OCH3 is 1. The van der Waals surface area contributed by atoms with Gasteiger partial charge in [-0.05, 0) is 129 Å². The summed E-state index contributed by atoms with van der Waals surface area (Å²) in [7, 11) is 1.50. The van der Waals surface area contributed by atoms with E-state index in [0.29, 0.717) is 40.5 Å². The Hall–Kier alpha value is -3.59. The molecule has 1 aliphatic heterocycles. The molecule has 0 aromatic heterocycles. The van der Waals surface area contributed by atoms with E-state index >= 15 is 0 Å². The summed E-state index contributed by atoms with van der Waals surface area (Å²) in [4.78, 5) is 52.8. The van der Waals surface area contributed by atoms with Gasteiger partial charge in [0, 0.05) is 5.69 Å². The van der Waals surface area contributed by atoms with Gasteiger partial charge in [0.25, 0.3) is 11.1 Å². The number of hydrogen-bond donors (Lipinski definition) is 1. The standard InChI is InChI=1S/C32H34N2O6S/c1-18-6-19(2)8-24(7-18)33-28(35)17-34-29(36)27(41-31(34)38)13-20-4-5-25(26(12-20)39-3)40-30(37)32-14-21-9-22(15-32)11-23(10-21)16-32/h4-8,12-13,21-23H,9-11,14-17H2,1-3H3,(H,33,35)/b27-13-. The molecule has 0 spiro atoms. The van der Waals surface area contributed by atoms with E-state index in [0.717, 1.165) is 47.1 Å². The summed E-state index contributed by atoms with van der Waals surface area (Å²) < 4.78 is 11.5. The normalized spacial score (nSPS) is 27.4. The summed E-state index contributed by atoms with van der Waals surface area (Å²) in [5.74, 6) is 1.47. The zero-order valence-electron chi connectivity index (χ0n) is 23.5. The van der Waals surface area contributed by atoms with Crippen LogP contribution in [0.2, 0.25) is 0 Å². The zero-order valence-corrected chi connectivity index (χ0v) is 24.3. The smallest absolute Gasteiger partial charge is 0.317 e. The van der Waals surface area contributed by atoms with E-state index in [9.17, 15) is 19.2 Å². The Bertz CT molecular complexity index is 1420. The van der Waals surface area contributed by atoms with E-state index < -0.39 is 17.1 Å². The van der Waals surface area contributed by atoms with Gasteiger partial charge in [-0.2, -0.15) is 0 Å². The highest BCUT2D eigenvalue weighted by Gasteiger charge is 2.55. The van der Waals surface area contributed by atoms with Gasteiger partial charge in [0.05, 0.1) is 17.4 Å². The van der Waals surface area contributed by atoms with Crippen molar-refractivity contribution in [2.75, 3.05) is 19.0 Å². The third kappa shape index (κ3) is 5.52. The Morgan fingerprint density at radius 3 is 2.22 bits per heavy atom. The van der Waals surface area contributed by atoms with Crippen LogP contribution in [0.25, 0.3) is 6.08 Å². The lowest BCUT2D eigenvalue weighted by Crippen LogP contribution is -2.51. The van der Waals surface area contributed by atoms with E-state index in [1.807, 2.05) is 32.0 Å². The molecule has 1 heterocycles. The highest BCUT2D eigenvalue weighted by atomic mass is 32.2. The number of carbonyl (C=O) groups is 4. The summed E-state index contributed by atoms with van der Waals surface area (Å²) in [6.07, 6.45) is 8.05. The molecule has 9 heteroatoms. The lowest BCUT2D eigenvalue weighted by molar-refractivity contribution is -0.161. The minimum absolute atomic E-state index is 0.164. The van der Waals surface area contributed by atoms with E-state index in [-0.39, 0.29) is 22.8 Å². The molecular formula is C32H34N2O6S. The molecule has 2 aromatic rings. The lowest BCUT2D eigenvalue weighted by Gasteiger charge is -2.55. The molecule has 1 N–H and O–H groups in total. The molecule has 3 amide bonds. The molecule has 0 unspecified atom stereocenters. The van der Waals surface area contributed by atoms with Crippen LogP contribution in [0.4, 0.5) is 10.5 Å². The molecule has 4 aliphatic carbocycles. The Labute approximate surface area is 243 Å². The second-order valence-electron chi connectivity index (χ2n) is 12.2. The number of thioether (sulfide) groups is 1. The molecule has 7 rings (SSSR count). The predicted octanol–water partition coefficient (Wildman–Crippen LogP) is 6.11. The first-order valence-corrected chi connectivity index (χ1v) is 15.0. The second kappa shape index (κ2) is 10.7. The maximum atomic E-state index is 13.4. The number of benzene rings is 2. The monoisotopic (exact) mass is 574 g/mol. The van der Waals surface area contributed by atoms with Gasteiger partial charge in [0.15, 0.2) is 11.5 Å². The molecule has 1 saturated heterocycles. The van der Waals surface area contributed by atoms with Gasteiger partial charge < -0.3 is 14.8 Å². The number of amides is 3. The lowest BCUT2D eigenvalue weighted by atomic mass is 9.49. The van der Waals surface area contributed by atoms with Crippen molar-refractivity contribution in [1.82, 2.24) is 4.90 Å². The molecule has 5 fully saturated rings. The van der Waals surface area contributed by atoms with Gasteiger partial charge in [0.1, 0.15) is 6.54 Å². The van der Waals surface area contributed by atoms with Crippen molar-refractivity contribution in [3.05, 3.63) is 58.0 Å². The van der Waals surface area contributed by atoms with E-state index in [4.69, 9.17) is 9.47 Å². The minimum atomic E-state index is -0.535. The molecule has 5 aliphatic rings. The summed E-state index contributed by atoms with van der Waals surface area (Å²) in [6.45, 7) is 3.48. The first-order valence-electron chi connectivity index (χ1n) is 14.1. The maximum Gasteiger partial charge on any atom is 0.317 e. The summed E-state index contributed by atoms with van der Waals surface area (Å²) in [6, 6.07) is 10.7. The Kier molecular flexibility index (Phi) is 7.18. The first-order chi connectivity index (χ1) is 19.6. The average molecular weight is 575 g/mol. The van der Waals surface area contributed by atoms with Crippen molar-refractivity contribution < 1.29 is 28.7 Å². The van der Waals surface area contributed by atoms with Gasteiger partial charge in [-0.15, -0.1) is 0 Å². The predicted molar refractivity (Wildman–Crippen MR) is 156 cm³/mol. The summed E-state index contributed by atoms with van der Waals surface area (Å²) >= 11 is 0.783. The second-order valence-corrected chi connectivity index (χ2v) is 13.2. The van der Waals surface area contributed by atoms with Crippen LogP contribution >= 0.6 is 11.8 Å². The molecule has 214 valence electrons. The number of esters is 1. The largest absolute Gasteiger partial charge is 0.493 e. The Balaban J connectivity index is 1.13. The van der Waals surface area contributed by atoms with Crippen LogP contribution in [0.15, 0.2) is 41.3 Å². The number of nitrogens with zero attached hydrogens (tertiary/aromatic N) is 1. The van der Waals surface area contributed by atoms with Gasteiger partial charge >= 0.3 is 5.97 Å². The molecule has 41 heavy (non-hydrogen) atoms. The Morgan fingerprint density at radius 2 is 1.61 bits per heavy atom. The van der Waals surface area contributed by atoms with Crippen LogP contribution in [0.3, 0.4) is 0 Å². The topological polar surface area (TPSA) is 102 Å². The molecule has 4 bridgehead atoms. The van der Waals surface area contributed by atoms with Gasteiger partial charge in [0.2, 0.25) is 5.91 Å². The third-order valence-corrected chi connectivity index (χ3v) is 9.75. The fourth-order valence-corrected chi connectivity index (χ4v) is 8.44. The van der Waals surface area contributed by atoms with Crippen molar-refractivity contribution in [3.63, 3.8) is 0 Å². The highest BCUT2D eigenvalue weighted by Crippen LogP contribution is 2.60. The van der Waals surface area contributed by atoms with E-state index in [2.05, 4.69) is 5.32 Å². The van der Waals surface area contributed by atoms with Crippen molar-refractivity contribution in [1.29, 1.82) is 0 Å². The van der Waals surface area contributed by atoms with E-state index in [1.165, 1.54) is 26.4 Å². The molecule has 2 aromatic carbocycles. The molecular weight excluding hydrogens is 540 g/mol. The number of imide groups is 1. The molecule has 8 nitrogen and oxygen atoms in total. The van der Waals surface area contributed by atoms with Crippen LogP contribution in [0.5, 0.6) is 11.5 Å². The van der Waals surface area contributed by atoms with Crippen LogP contribution in [0, 0.1) is 37.0 Å². The van der Waals surface area contributed by atoms with E-state index in [1.54, 1.807) is 24.3 Å². The van der Waals surface area contributed by atoms with Crippen molar-refractivity contribution >= 4 is 46.5 Å². The van der Waals surface area contributed by atoms with Gasteiger partial charge in [-0.3, -0.25) is 24.1 Å². The molecule has 4 saturated carbocycles. The van der Waals surface area contributed by atoms with Crippen molar-refractivity contribution in [2.24, 2.45) is 23.2 Å². The van der Waals surface area contributed by atoms with Crippen LogP contribution < -0.4 is 14.8 Å². The highest BCUT2D eigenvalue weighted by molar-refractivity contribution is 8.18. The third-order valence-electron chi connectivity index (χ3n) is 8.84. The van der Waals surface area contributed by atoms with Crippen molar-refractivity contribution in [2.45, 2.75) is 52.4 Å². The van der Waals surface area contributed by atoms with Crippen LogP contribution in [-0.4, -0.2) is 41.6 Å². The summed E-state index contributed by atoms with van der Waals surface area (Å²) in [5.41, 5.74) is 2.84. The SMILES string of the molecule is COc1cc(/C=C2\SC(=O)N(CC(=O)Nc3cc(C)cc(C)c3)C2=O)ccc1OC(=O)C12CC3CC(CC(C3)C1)C2. The number of anilines is 1. The van der Waals surface area contributed by atoms with Crippen LogP contribution in [0.1, 0.15) is 55.2 Å².